The van der Waals surface area contributed by atoms with Crippen molar-refractivity contribution in [1.82, 2.24) is 10.3 Å². The highest BCUT2D eigenvalue weighted by Gasteiger charge is 2.09. The molecule has 20 heavy (non-hydrogen) atoms. The molecule has 2 aromatic rings. The van der Waals surface area contributed by atoms with Crippen LogP contribution in [0.4, 0.5) is 5.82 Å². The quantitative estimate of drug-likeness (QED) is 0.408. The molecule has 0 amide bonds. The van der Waals surface area contributed by atoms with Gasteiger partial charge < -0.3 is 21.3 Å². The Bertz CT molecular complexity index is 664. The minimum atomic E-state index is -0.0225. The van der Waals surface area contributed by atoms with E-state index in [1.54, 1.807) is 12.1 Å². The molecule has 0 saturated carbocycles. The number of nitrogens with zero attached hydrogens (tertiary/aromatic N) is 4. The summed E-state index contributed by atoms with van der Waals surface area (Å²) in [4.78, 5) is 0. The Balaban J connectivity index is 2.16. The predicted molar refractivity (Wildman–Crippen MR) is 71.7 cm³/mol. The lowest BCUT2D eigenvalue weighted by Crippen LogP contribution is -2.15. The first kappa shape index (κ1) is 13.3. The van der Waals surface area contributed by atoms with Crippen LogP contribution in [0.25, 0.3) is 0 Å². The number of ether oxygens (including phenoxy) is 1. The van der Waals surface area contributed by atoms with E-state index < -0.39 is 0 Å². The van der Waals surface area contributed by atoms with Crippen molar-refractivity contribution < 1.29 is 14.5 Å². The summed E-state index contributed by atoms with van der Waals surface area (Å²) in [6.45, 7) is 0. The van der Waals surface area contributed by atoms with Crippen LogP contribution in [0.5, 0.6) is 11.5 Å². The van der Waals surface area contributed by atoms with Gasteiger partial charge in [-0.2, -0.15) is 5.10 Å². The summed E-state index contributed by atoms with van der Waals surface area (Å²) in [6.07, 6.45) is 1.43. The summed E-state index contributed by atoms with van der Waals surface area (Å²) in [5, 5.41) is 23.8. The van der Waals surface area contributed by atoms with Crippen molar-refractivity contribution in [2.45, 2.75) is 0 Å². The number of rotatable bonds is 4. The Labute approximate surface area is 113 Å². The maximum atomic E-state index is 9.45. The summed E-state index contributed by atoms with van der Waals surface area (Å²) < 4.78 is 9.36. The smallest absolute Gasteiger partial charge is 0.199 e. The number of benzene rings is 1. The van der Waals surface area contributed by atoms with Crippen LogP contribution in [0.15, 0.2) is 33.0 Å². The lowest BCUT2D eigenvalue weighted by Gasteiger charge is -2.02. The fourth-order valence-corrected chi connectivity index (χ4v) is 1.35. The van der Waals surface area contributed by atoms with Crippen LogP contribution in [-0.4, -0.2) is 34.6 Å². The van der Waals surface area contributed by atoms with Crippen molar-refractivity contribution in [1.29, 1.82) is 0 Å². The van der Waals surface area contributed by atoms with E-state index in [0.29, 0.717) is 11.3 Å². The molecule has 2 rings (SSSR count). The normalized spacial score (nSPS) is 11.9. The maximum absolute atomic E-state index is 9.45. The number of nitrogens with two attached hydrogens (primary N) is 2. The van der Waals surface area contributed by atoms with Crippen molar-refractivity contribution in [3.8, 4) is 11.5 Å². The number of anilines is 1. The van der Waals surface area contributed by atoms with Gasteiger partial charge in [0, 0.05) is 0 Å². The Kier molecular flexibility index (Phi) is 3.80. The molecule has 0 aliphatic carbocycles. The number of amidine groups is 1. The lowest BCUT2D eigenvalue weighted by molar-refractivity contribution is 0.308. The number of aromatic nitrogens is 2. The molecule has 0 fully saturated rings. The zero-order valence-corrected chi connectivity index (χ0v) is 10.5. The molecular weight excluding hydrogens is 264 g/mol. The van der Waals surface area contributed by atoms with Crippen molar-refractivity contribution in [2.75, 3.05) is 12.8 Å². The van der Waals surface area contributed by atoms with Crippen LogP contribution >= 0.6 is 0 Å². The summed E-state index contributed by atoms with van der Waals surface area (Å²) in [5.74, 6) is 0.378. The first-order valence-electron chi connectivity index (χ1n) is 5.43. The number of phenols is 1. The van der Waals surface area contributed by atoms with Crippen LogP contribution in [0.3, 0.4) is 0 Å². The Morgan fingerprint density at radius 1 is 1.45 bits per heavy atom. The molecule has 1 aromatic carbocycles. The van der Waals surface area contributed by atoms with E-state index in [-0.39, 0.29) is 23.1 Å². The first-order valence-corrected chi connectivity index (χ1v) is 5.43. The SMILES string of the molecule is COc1cc(/C=N\N=C(\N)c2nonc2N)ccc1O. The fraction of sp³-hybridized carbons (Fsp3) is 0.0909. The van der Waals surface area contributed by atoms with E-state index in [9.17, 15) is 5.11 Å². The Morgan fingerprint density at radius 2 is 2.25 bits per heavy atom. The topological polar surface area (TPSA) is 145 Å². The zero-order chi connectivity index (χ0) is 14.5. The molecular formula is C11H12N6O3. The van der Waals surface area contributed by atoms with Crippen LogP contribution in [0.1, 0.15) is 11.3 Å². The van der Waals surface area contributed by atoms with Gasteiger partial charge in [-0.05, 0) is 34.1 Å². The minimum absolute atomic E-state index is 0.0225. The van der Waals surface area contributed by atoms with E-state index in [2.05, 4.69) is 25.1 Å². The Hall–Kier alpha value is -3.10. The number of phenolic OH excluding ortho intramolecular Hbond substituents is 1. The molecule has 1 aromatic heterocycles. The molecule has 0 aliphatic heterocycles. The van der Waals surface area contributed by atoms with Gasteiger partial charge in [0.25, 0.3) is 0 Å². The van der Waals surface area contributed by atoms with E-state index >= 15 is 0 Å². The summed E-state index contributed by atoms with van der Waals surface area (Å²) in [6, 6.07) is 4.71. The molecule has 0 saturated heterocycles. The molecule has 5 N–H and O–H groups in total. The monoisotopic (exact) mass is 276 g/mol. The minimum Gasteiger partial charge on any atom is -0.504 e. The highest BCUT2D eigenvalue weighted by molar-refractivity contribution is 5.99. The number of hydrogen-bond acceptors (Lipinski definition) is 8. The van der Waals surface area contributed by atoms with Crippen molar-refractivity contribution in [3.05, 3.63) is 29.5 Å². The zero-order valence-electron chi connectivity index (χ0n) is 10.5. The van der Waals surface area contributed by atoms with Gasteiger partial charge in [-0.1, -0.05) is 0 Å². The van der Waals surface area contributed by atoms with Crippen LogP contribution in [0, 0.1) is 0 Å². The van der Waals surface area contributed by atoms with Crippen molar-refractivity contribution in [3.63, 3.8) is 0 Å². The number of nitrogen functional groups attached to an aromatic ring is 1. The van der Waals surface area contributed by atoms with E-state index in [1.807, 2.05) is 0 Å². The van der Waals surface area contributed by atoms with E-state index in [0.717, 1.165) is 0 Å². The maximum Gasteiger partial charge on any atom is 0.199 e. The molecule has 104 valence electrons. The molecule has 0 aliphatic rings. The van der Waals surface area contributed by atoms with Gasteiger partial charge in [0.15, 0.2) is 28.8 Å². The molecule has 0 radical (unpaired) electrons. The Morgan fingerprint density at radius 3 is 2.90 bits per heavy atom. The molecule has 0 atom stereocenters. The van der Waals surface area contributed by atoms with Gasteiger partial charge in [-0.25, -0.2) is 4.63 Å². The fourth-order valence-electron chi connectivity index (χ4n) is 1.35. The average Bonchev–Trinajstić information content (AvgIpc) is 2.87. The van der Waals surface area contributed by atoms with Gasteiger partial charge in [-0.3, -0.25) is 0 Å². The predicted octanol–water partition coefficient (Wildman–Crippen LogP) is 0.105. The first-order chi connectivity index (χ1) is 9.61. The number of methoxy groups -OCH3 is 1. The third-order valence-corrected chi connectivity index (χ3v) is 2.33. The summed E-state index contributed by atoms with van der Waals surface area (Å²) in [7, 11) is 1.45. The molecule has 0 bridgehead atoms. The van der Waals surface area contributed by atoms with E-state index in [4.69, 9.17) is 16.2 Å². The van der Waals surface area contributed by atoms with Gasteiger partial charge in [0.05, 0.1) is 13.3 Å². The number of aromatic hydroxyl groups is 1. The van der Waals surface area contributed by atoms with Crippen LogP contribution in [0.2, 0.25) is 0 Å². The molecule has 1 heterocycles. The van der Waals surface area contributed by atoms with E-state index in [1.165, 1.54) is 19.4 Å². The third kappa shape index (κ3) is 2.83. The second kappa shape index (κ2) is 5.69. The second-order valence-corrected chi connectivity index (χ2v) is 3.66. The summed E-state index contributed by atoms with van der Waals surface area (Å²) >= 11 is 0. The van der Waals surface area contributed by atoms with Crippen LogP contribution < -0.4 is 16.2 Å². The lowest BCUT2D eigenvalue weighted by atomic mass is 10.2. The van der Waals surface area contributed by atoms with Crippen molar-refractivity contribution >= 4 is 17.9 Å². The average molecular weight is 276 g/mol. The molecule has 0 spiro atoms. The molecule has 9 nitrogen and oxygen atoms in total. The second-order valence-electron chi connectivity index (χ2n) is 3.66. The third-order valence-electron chi connectivity index (χ3n) is 2.33. The van der Waals surface area contributed by atoms with Gasteiger partial charge in [0.2, 0.25) is 0 Å². The largest absolute Gasteiger partial charge is 0.504 e. The van der Waals surface area contributed by atoms with Crippen molar-refractivity contribution in [2.24, 2.45) is 15.9 Å². The standard InChI is InChI=1S/C11H12N6O3/c1-19-8-4-6(2-3-7(8)18)5-14-15-10(12)9-11(13)17-20-16-9/h2-5,18H,1H3,(H2,12,15)(H2,13,17)/b14-5-. The van der Waals surface area contributed by atoms with Gasteiger partial charge in [-0.15, -0.1) is 5.10 Å². The van der Waals surface area contributed by atoms with Gasteiger partial charge >= 0.3 is 0 Å². The van der Waals surface area contributed by atoms with Gasteiger partial charge in [0.1, 0.15) is 0 Å². The number of hydrogen-bond donors (Lipinski definition) is 3. The molecule has 9 heteroatoms. The highest BCUT2D eigenvalue weighted by atomic mass is 16.6. The highest BCUT2D eigenvalue weighted by Crippen LogP contribution is 2.25. The molecule has 0 unspecified atom stereocenters. The summed E-state index contributed by atoms with van der Waals surface area (Å²) in [5.41, 5.74) is 11.9. The van der Waals surface area contributed by atoms with Crippen LogP contribution in [-0.2, 0) is 0 Å².